The van der Waals surface area contributed by atoms with E-state index in [1.807, 2.05) is 4.90 Å². The topological polar surface area (TPSA) is 84.7 Å². The summed E-state index contributed by atoms with van der Waals surface area (Å²) in [6.45, 7) is 1.15. The number of nitrogens with two attached hydrogens (primary N) is 1. The molecule has 2 aromatic carbocycles. The van der Waals surface area contributed by atoms with Crippen LogP contribution in [-0.2, 0) is 11.3 Å². The molecule has 1 heterocycles. The number of ether oxygens (including phenoxy) is 1. The standard InChI is InChI=1S/C21H23F2N3O3/c22-18-7-2-8-19(23)17(18)12-26-9-3-5-15(11-26)25-20(27)13-29-16-6-1-4-14(10-16)21(24)28/h1-2,4,6-8,10,15H,3,5,9,11-13H2,(H2,24,28)(H,25,27). The normalized spacial score (nSPS) is 17.0. The van der Waals surface area contributed by atoms with Gasteiger partial charge >= 0.3 is 0 Å². The van der Waals surface area contributed by atoms with Crippen LogP contribution in [0.15, 0.2) is 42.5 Å². The zero-order chi connectivity index (χ0) is 20.8. The second-order valence-electron chi connectivity index (χ2n) is 7.02. The lowest BCUT2D eigenvalue weighted by molar-refractivity contribution is -0.124. The van der Waals surface area contributed by atoms with Crippen molar-refractivity contribution in [2.75, 3.05) is 19.7 Å². The summed E-state index contributed by atoms with van der Waals surface area (Å²) in [7, 11) is 0. The maximum Gasteiger partial charge on any atom is 0.258 e. The molecule has 0 spiro atoms. The quantitative estimate of drug-likeness (QED) is 0.743. The second-order valence-corrected chi connectivity index (χ2v) is 7.02. The van der Waals surface area contributed by atoms with E-state index in [0.717, 1.165) is 12.8 Å². The molecule has 29 heavy (non-hydrogen) atoms. The first-order chi connectivity index (χ1) is 13.9. The number of likely N-dealkylation sites (tertiary alicyclic amines) is 1. The number of nitrogens with one attached hydrogen (secondary N) is 1. The van der Waals surface area contributed by atoms with Crippen molar-refractivity contribution in [2.45, 2.75) is 25.4 Å². The number of carbonyl (C=O) groups is 2. The van der Waals surface area contributed by atoms with Gasteiger partial charge in [-0.1, -0.05) is 12.1 Å². The van der Waals surface area contributed by atoms with Gasteiger partial charge in [0.05, 0.1) is 0 Å². The highest BCUT2D eigenvalue weighted by molar-refractivity contribution is 5.93. The zero-order valence-electron chi connectivity index (χ0n) is 15.9. The first-order valence-corrected chi connectivity index (χ1v) is 9.39. The smallest absolute Gasteiger partial charge is 0.258 e. The molecule has 1 unspecified atom stereocenters. The van der Waals surface area contributed by atoms with Gasteiger partial charge in [-0.25, -0.2) is 8.78 Å². The molecule has 0 aliphatic carbocycles. The summed E-state index contributed by atoms with van der Waals surface area (Å²) in [4.78, 5) is 25.3. The van der Waals surface area contributed by atoms with Crippen molar-refractivity contribution >= 4 is 11.8 Å². The molecule has 0 saturated carbocycles. The van der Waals surface area contributed by atoms with Gasteiger partial charge in [0, 0.05) is 30.3 Å². The van der Waals surface area contributed by atoms with Gasteiger partial charge in [-0.2, -0.15) is 0 Å². The Bertz CT molecular complexity index is 871. The average molecular weight is 403 g/mol. The second kappa shape index (κ2) is 9.47. The molecule has 3 N–H and O–H groups in total. The summed E-state index contributed by atoms with van der Waals surface area (Å²) in [5, 5.41) is 2.89. The molecule has 0 aromatic heterocycles. The van der Waals surface area contributed by atoms with E-state index in [4.69, 9.17) is 10.5 Å². The molecular weight excluding hydrogens is 380 g/mol. The Morgan fingerprint density at radius 3 is 2.62 bits per heavy atom. The van der Waals surface area contributed by atoms with Crippen molar-refractivity contribution in [1.29, 1.82) is 0 Å². The first-order valence-electron chi connectivity index (χ1n) is 9.39. The van der Waals surface area contributed by atoms with Gasteiger partial charge < -0.3 is 15.8 Å². The molecule has 8 heteroatoms. The van der Waals surface area contributed by atoms with E-state index in [1.54, 1.807) is 18.2 Å². The molecule has 3 rings (SSSR count). The van der Waals surface area contributed by atoms with Crippen LogP contribution in [0.1, 0.15) is 28.8 Å². The number of hydrogen-bond donors (Lipinski definition) is 2. The average Bonchev–Trinajstić information content (AvgIpc) is 2.70. The van der Waals surface area contributed by atoms with Gasteiger partial charge in [0.2, 0.25) is 5.91 Å². The molecule has 2 amide bonds. The lowest BCUT2D eigenvalue weighted by Crippen LogP contribution is -2.48. The lowest BCUT2D eigenvalue weighted by Gasteiger charge is -2.33. The van der Waals surface area contributed by atoms with Crippen LogP contribution in [0.25, 0.3) is 0 Å². The van der Waals surface area contributed by atoms with Crippen molar-refractivity contribution in [3.8, 4) is 5.75 Å². The van der Waals surface area contributed by atoms with E-state index in [0.29, 0.717) is 24.4 Å². The Morgan fingerprint density at radius 1 is 1.17 bits per heavy atom. The predicted molar refractivity (Wildman–Crippen MR) is 103 cm³/mol. The van der Waals surface area contributed by atoms with Crippen LogP contribution in [0.3, 0.4) is 0 Å². The highest BCUT2D eigenvalue weighted by Gasteiger charge is 2.23. The SMILES string of the molecule is NC(=O)c1cccc(OCC(=O)NC2CCCN(Cc3c(F)cccc3F)C2)c1. The molecule has 6 nitrogen and oxygen atoms in total. The maximum atomic E-state index is 13.9. The molecule has 2 aromatic rings. The molecule has 1 aliphatic heterocycles. The number of primary amides is 1. The van der Waals surface area contributed by atoms with Crippen molar-refractivity contribution in [1.82, 2.24) is 10.2 Å². The minimum absolute atomic E-state index is 0.0390. The molecule has 1 atom stereocenters. The van der Waals surface area contributed by atoms with Gasteiger partial charge in [-0.3, -0.25) is 14.5 Å². The van der Waals surface area contributed by atoms with Crippen molar-refractivity contribution in [3.05, 3.63) is 65.2 Å². The van der Waals surface area contributed by atoms with E-state index >= 15 is 0 Å². The predicted octanol–water partition coefficient (Wildman–Crippen LogP) is 2.22. The van der Waals surface area contributed by atoms with Crippen molar-refractivity contribution in [3.63, 3.8) is 0 Å². The van der Waals surface area contributed by atoms with E-state index in [9.17, 15) is 18.4 Å². The number of carbonyl (C=O) groups excluding carboxylic acids is 2. The van der Waals surface area contributed by atoms with Gasteiger partial charge in [-0.05, 0) is 49.7 Å². The first kappa shape index (κ1) is 20.7. The summed E-state index contributed by atoms with van der Waals surface area (Å²) in [6.07, 6.45) is 1.59. The number of benzene rings is 2. The maximum absolute atomic E-state index is 13.9. The summed E-state index contributed by atoms with van der Waals surface area (Å²) in [5.41, 5.74) is 5.56. The lowest BCUT2D eigenvalue weighted by atomic mass is 10.0. The largest absolute Gasteiger partial charge is 0.484 e. The van der Waals surface area contributed by atoms with E-state index in [-0.39, 0.29) is 30.7 Å². The number of amides is 2. The number of halogens is 2. The Kier molecular flexibility index (Phi) is 6.77. The third kappa shape index (κ3) is 5.74. The Labute approximate surface area is 167 Å². The highest BCUT2D eigenvalue weighted by Crippen LogP contribution is 2.18. The van der Waals surface area contributed by atoms with Gasteiger partial charge in [-0.15, -0.1) is 0 Å². The minimum Gasteiger partial charge on any atom is -0.484 e. The fraction of sp³-hybridized carbons (Fsp3) is 0.333. The van der Waals surface area contributed by atoms with Crippen LogP contribution in [0.4, 0.5) is 8.78 Å². The van der Waals surface area contributed by atoms with Crippen LogP contribution in [0.2, 0.25) is 0 Å². The van der Waals surface area contributed by atoms with Crippen LogP contribution in [-0.4, -0.2) is 42.5 Å². The third-order valence-corrected chi connectivity index (χ3v) is 4.80. The van der Waals surface area contributed by atoms with Crippen LogP contribution >= 0.6 is 0 Å². The monoisotopic (exact) mass is 403 g/mol. The Morgan fingerprint density at radius 2 is 1.90 bits per heavy atom. The van der Waals surface area contributed by atoms with Crippen LogP contribution in [0.5, 0.6) is 5.75 Å². The van der Waals surface area contributed by atoms with Gasteiger partial charge in [0.1, 0.15) is 17.4 Å². The number of rotatable bonds is 7. The van der Waals surface area contributed by atoms with E-state index in [1.165, 1.54) is 24.3 Å². The summed E-state index contributed by atoms with van der Waals surface area (Å²) < 4.78 is 33.2. The zero-order valence-corrected chi connectivity index (χ0v) is 15.9. The molecular formula is C21H23F2N3O3. The molecule has 1 saturated heterocycles. The molecule has 0 bridgehead atoms. The number of piperidine rings is 1. The van der Waals surface area contributed by atoms with E-state index < -0.39 is 17.5 Å². The van der Waals surface area contributed by atoms with Crippen LogP contribution < -0.4 is 15.8 Å². The van der Waals surface area contributed by atoms with Gasteiger partial charge in [0.15, 0.2) is 6.61 Å². The van der Waals surface area contributed by atoms with E-state index in [2.05, 4.69) is 5.32 Å². The Balaban J connectivity index is 1.50. The summed E-state index contributed by atoms with van der Waals surface area (Å²) in [5.74, 6) is -1.64. The van der Waals surface area contributed by atoms with Crippen molar-refractivity contribution in [2.24, 2.45) is 5.73 Å². The third-order valence-electron chi connectivity index (χ3n) is 4.80. The molecule has 1 aliphatic rings. The molecule has 154 valence electrons. The minimum atomic E-state index is -0.575. The number of nitrogens with zero attached hydrogens (tertiary/aromatic N) is 1. The highest BCUT2D eigenvalue weighted by atomic mass is 19.1. The van der Waals surface area contributed by atoms with Crippen molar-refractivity contribution < 1.29 is 23.1 Å². The Hall–Kier alpha value is -3.00. The summed E-state index contributed by atoms with van der Waals surface area (Å²) in [6, 6.07) is 9.97. The fourth-order valence-electron chi connectivity index (χ4n) is 3.38. The van der Waals surface area contributed by atoms with Crippen LogP contribution in [0, 0.1) is 11.6 Å². The molecule has 1 fully saturated rings. The number of hydrogen-bond acceptors (Lipinski definition) is 4. The van der Waals surface area contributed by atoms with Gasteiger partial charge in [0.25, 0.3) is 5.91 Å². The fourth-order valence-corrected chi connectivity index (χ4v) is 3.38. The summed E-state index contributed by atoms with van der Waals surface area (Å²) >= 11 is 0. The molecule has 0 radical (unpaired) electrons.